The molecule has 0 radical (unpaired) electrons. The Labute approximate surface area is 182 Å². The highest BCUT2D eigenvalue weighted by atomic mass is 79.9. The molecule has 0 aliphatic rings. The number of phenolic OH excluding ortho intramolecular Hbond substituents is 1. The van der Waals surface area contributed by atoms with Gasteiger partial charge in [0.15, 0.2) is 0 Å². The molecule has 0 saturated heterocycles. The van der Waals surface area contributed by atoms with Crippen LogP contribution in [0.25, 0.3) is 5.69 Å². The molecule has 7 nitrogen and oxygen atoms in total. The highest BCUT2D eigenvalue weighted by molar-refractivity contribution is 9.10. The van der Waals surface area contributed by atoms with Crippen molar-refractivity contribution in [3.63, 3.8) is 0 Å². The Balaban J connectivity index is 1.83. The lowest BCUT2D eigenvalue weighted by atomic mass is 10.2. The van der Waals surface area contributed by atoms with Crippen LogP contribution in [0.5, 0.6) is 5.75 Å². The van der Waals surface area contributed by atoms with Crippen LogP contribution in [0.1, 0.15) is 37.7 Å². The van der Waals surface area contributed by atoms with E-state index in [0.717, 1.165) is 22.6 Å². The highest BCUT2D eigenvalue weighted by Gasteiger charge is 2.13. The summed E-state index contributed by atoms with van der Waals surface area (Å²) in [5, 5.41) is 13.9. The van der Waals surface area contributed by atoms with E-state index in [-0.39, 0.29) is 11.3 Å². The molecule has 0 atom stereocenters. The smallest absolute Gasteiger partial charge is 0.337 e. The van der Waals surface area contributed by atoms with Crippen molar-refractivity contribution in [2.45, 2.75) is 13.8 Å². The summed E-state index contributed by atoms with van der Waals surface area (Å²) >= 11 is 3.27. The minimum atomic E-state index is -0.523. The van der Waals surface area contributed by atoms with Gasteiger partial charge < -0.3 is 14.4 Å². The Hall–Kier alpha value is -3.39. The second kappa shape index (κ2) is 8.96. The van der Waals surface area contributed by atoms with Crippen LogP contribution in [-0.2, 0) is 4.74 Å². The Morgan fingerprint density at radius 1 is 1.17 bits per heavy atom. The Bertz CT molecular complexity index is 1150. The van der Waals surface area contributed by atoms with E-state index in [1.807, 2.05) is 30.5 Å². The molecule has 8 heteroatoms. The summed E-state index contributed by atoms with van der Waals surface area (Å²) in [6, 6.07) is 13.6. The predicted octanol–water partition coefficient (Wildman–Crippen LogP) is 4.11. The van der Waals surface area contributed by atoms with Gasteiger partial charge in [-0.3, -0.25) is 4.79 Å². The number of nitrogens with one attached hydrogen (secondary N) is 1. The van der Waals surface area contributed by atoms with E-state index in [1.54, 1.807) is 24.3 Å². The zero-order chi connectivity index (χ0) is 21.8. The largest absolute Gasteiger partial charge is 0.507 e. The van der Waals surface area contributed by atoms with Gasteiger partial charge in [-0.2, -0.15) is 5.10 Å². The van der Waals surface area contributed by atoms with E-state index in [2.05, 4.69) is 26.5 Å². The van der Waals surface area contributed by atoms with Gasteiger partial charge in [0.05, 0.1) is 24.5 Å². The van der Waals surface area contributed by atoms with Crippen molar-refractivity contribution in [1.82, 2.24) is 9.99 Å². The third-order valence-electron chi connectivity index (χ3n) is 4.57. The number of ether oxygens (including phenoxy) is 1. The fourth-order valence-electron chi connectivity index (χ4n) is 3.12. The van der Waals surface area contributed by atoms with Gasteiger partial charge in [-0.15, -0.1) is 0 Å². The predicted molar refractivity (Wildman–Crippen MR) is 117 cm³/mol. The first-order valence-electron chi connectivity index (χ1n) is 9.01. The number of amides is 1. The Morgan fingerprint density at radius 2 is 1.93 bits per heavy atom. The van der Waals surface area contributed by atoms with Crippen LogP contribution < -0.4 is 5.43 Å². The number of aryl methyl sites for hydroxylation is 1. The lowest BCUT2D eigenvalue weighted by Gasteiger charge is -2.11. The maximum atomic E-state index is 12.3. The van der Waals surface area contributed by atoms with Crippen molar-refractivity contribution in [1.29, 1.82) is 0 Å². The summed E-state index contributed by atoms with van der Waals surface area (Å²) in [4.78, 5) is 24.1. The molecule has 1 amide bonds. The van der Waals surface area contributed by atoms with Crippen LogP contribution in [0.4, 0.5) is 0 Å². The molecular formula is C22H20BrN3O4. The summed E-state index contributed by atoms with van der Waals surface area (Å²) in [6.45, 7) is 3.86. The average Bonchev–Trinajstić information content (AvgIpc) is 3.02. The van der Waals surface area contributed by atoms with Crippen molar-refractivity contribution in [2.24, 2.45) is 5.10 Å². The lowest BCUT2D eigenvalue weighted by molar-refractivity contribution is 0.0600. The number of aromatic hydroxyl groups is 1. The zero-order valence-electron chi connectivity index (χ0n) is 16.6. The van der Waals surface area contributed by atoms with Crippen molar-refractivity contribution in [2.75, 3.05) is 7.11 Å². The third kappa shape index (κ3) is 4.44. The van der Waals surface area contributed by atoms with Crippen LogP contribution in [0, 0.1) is 13.8 Å². The maximum absolute atomic E-state index is 12.3. The molecule has 0 saturated carbocycles. The van der Waals surface area contributed by atoms with Crippen LogP contribution in [0.3, 0.4) is 0 Å². The number of rotatable bonds is 5. The molecule has 2 N–H and O–H groups in total. The van der Waals surface area contributed by atoms with Crippen LogP contribution in [0.2, 0.25) is 0 Å². The van der Waals surface area contributed by atoms with E-state index >= 15 is 0 Å². The number of phenols is 1. The van der Waals surface area contributed by atoms with Gasteiger partial charge in [-0.05, 0) is 56.3 Å². The standard InChI is InChI=1S/C22H20BrN3O4/c1-13-9-16(12-24-25-21(28)19-11-17(23)7-8-20(19)27)14(2)26(13)18-6-4-5-15(10-18)22(29)30-3/h4-12,27H,1-3H3,(H,25,28)/b24-12-. The molecule has 0 bridgehead atoms. The summed E-state index contributed by atoms with van der Waals surface area (Å²) in [6.07, 6.45) is 1.54. The number of halogens is 1. The minimum absolute atomic E-state index is 0.117. The number of hydrogen-bond acceptors (Lipinski definition) is 5. The van der Waals surface area contributed by atoms with Gasteiger partial charge in [0.25, 0.3) is 5.91 Å². The number of carbonyl (C=O) groups excluding carboxylic acids is 2. The van der Waals surface area contributed by atoms with Gasteiger partial charge in [0, 0.05) is 27.1 Å². The number of nitrogens with zero attached hydrogens (tertiary/aromatic N) is 2. The summed E-state index contributed by atoms with van der Waals surface area (Å²) in [7, 11) is 1.35. The number of methoxy groups -OCH3 is 1. The second-order valence-corrected chi connectivity index (χ2v) is 7.48. The molecule has 2 aromatic carbocycles. The number of carbonyl (C=O) groups is 2. The van der Waals surface area contributed by atoms with Gasteiger partial charge in [-0.1, -0.05) is 22.0 Å². The summed E-state index contributed by atoms with van der Waals surface area (Å²) in [5.41, 5.74) is 6.44. The number of aromatic nitrogens is 1. The van der Waals surface area contributed by atoms with Crippen LogP contribution >= 0.6 is 15.9 Å². The summed E-state index contributed by atoms with van der Waals surface area (Å²) < 4.78 is 7.45. The Morgan fingerprint density at radius 3 is 2.67 bits per heavy atom. The van der Waals surface area contributed by atoms with Crippen LogP contribution in [0.15, 0.2) is 58.1 Å². The molecule has 1 aromatic heterocycles. The van der Waals surface area contributed by atoms with Gasteiger partial charge in [0.2, 0.25) is 0 Å². The van der Waals surface area contributed by atoms with Gasteiger partial charge in [0.1, 0.15) is 5.75 Å². The number of benzene rings is 2. The van der Waals surface area contributed by atoms with E-state index in [4.69, 9.17) is 4.74 Å². The zero-order valence-corrected chi connectivity index (χ0v) is 18.2. The van der Waals surface area contributed by atoms with Crippen molar-refractivity contribution >= 4 is 34.0 Å². The first-order chi connectivity index (χ1) is 14.3. The molecule has 1 heterocycles. The normalized spacial score (nSPS) is 10.9. The number of hydrazone groups is 1. The van der Waals surface area contributed by atoms with Crippen molar-refractivity contribution in [3.05, 3.63) is 81.1 Å². The Kier molecular flexibility index (Phi) is 6.37. The quantitative estimate of drug-likeness (QED) is 0.334. The topological polar surface area (TPSA) is 92.9 Å². The number of hydrogen-bond donors (Lipinski definition) is 2. The SMILES string of the molecule is COC(=O)c1cccc(-n2c(C)cc(/C=N\NC(=O)c3cc(Br)ccc3O)c2C)c1. The van der Waals surface area contributed by atoms with Crippen molar-refractivity contribution in [3.8, 4) is 11.4 Å². The van der Waals surface area contributed by atoms with E-state index < -0.39 is 11.9 Å². The van der Waals surface area contributed by atoms with E-state index in [1.165, 1.54) is 25.5 Å². The fraction of sp³-hybridized carbons (Fsp3) is 0.136. The average molecular weight is 470 g/mol. The molecule has 0 spiro atoms. The first kappa shape index (κ1) is 21.3. The molecule has 0 unspecified atom stereocenters. The second-order valence-electron chi connectivity index (χ2n) is 6.56. The molecule has 154 valence electrons. The van der Waals surface area contributed by atoms with Gasteiger partial charge in [-0.25, -0.2) is 10.2 Å². The van der Waals surface area contributed by atoms with E-state index in [9.17, 15) is 14.7 Å². The molecule has 30 heavy (non-hydrogen) atoms. The fourth-order valence-corrected chi connectivity index (χ4v) is 3.48. The minimum Gasteiger partial charge on any atom is -0.507 e. The van der Waals surface area contributed by atoms with Gasteiger partial charge >= 0.3 is 5.97 Å². The monoisotopic (exact) mass is 469 g/mol. The third-order valence-corrected chi connectivity index (χ3v) is 5.06. The molecule has 3 aromatic rings. The molecule has 3 rings (SSSR count). The molecule has 0 fully saturated rings. The van der Waals surface area contributed by atoms with E-state index in [0.29, 0.717) is 10.0 Å². The van der Waals surface area contributed by atoms with Crippen molar-refractivity contribution < 1.29 is 19.4 Å². The lowest BCUT2D eigenvalue weighted by Crippen LogP contribution is -2.17. The number of esters is 1. The molecular weight excluding hydrogens is 450 g/mol. The first-order valence-corrected chi connectivity index (χ1v) is 9.80. The highest BCUT2D eigenvalue weighted by Crippen LogP contribution is 2.22. The molecule has 0 aliphatic carbocycles. The molecule has 0 aliphatic heterocycles. The van der Waals surface area contributed by atoms with Crippen LogP contribution in [-0.4, -0.2) is 34.9 Å². The maximum Gasteiger partial charge on any atom is 0.337 e. The summed E-state index contributed by atoms with van der Waals surface area (Å²) in [5.74, 6) is -1.06.